The highest BCUT2D eigenvalue weighted by Gasteiger charge is 2.77. The highest BCUT2D eigenvalue weighted by atomic mass is 35.5. The molecule has 4 atom stereocenters. The van der Waals surface area contributed by atoms with E-state index in [4.69, 9.17) is 43.5 Å². The predicted octanol–water partition coefficient (Wildman–Crippen LogP) is 3.16. The summed E-state index contributed by atoms with van der Waals surface area (Å²) in [5.41, 5.74) is 4.46. The van der Waals surface area contributed by atoms with Crippen LogP contribution in [0.15, 0.2) is 42.5 Å². The average Bonchev–Trinajstić information content (AvgIpc) is 3.49. The van der Waals surface area contributed by atoms with Crippen molar-refractivity contribution in [2.24, 2.45) is 5.73 Å². The molecule has 4 rings (SSSR count). The molecular formula is C24H25Cl2F3N4O5. The zero-order valence-electron chi connectivity index (χ0n) is 20.1. The lowest BCUT2D eigenvalue weighted by Crippen LogP contribution is -2.70. The molecule has 0 bridgehead atoms. The van der Waals surface area contributed by atoms with Crippen molar-refractivity contribution in [2.45, 2.75) is 30.7 Å². The molecule has 206 valence electrons. The Kier molecular flexibility index (Phi) is 8.12. The van der Waals surface area contributed by atoms with Crippen LogP contribution in [0.25, 0.3) is 0 Å². The molecule has 0 radical (unpaired) electrons. The molecule has 1 spiro atoms. The molecule has 2 aromatic rings. The summed E-state index contributed by atoms with van der Waals surface area (Å²) in [6.45, 7) is -0.257. The van der Waals surface area contributed by atoms with E-state index >= 15 is 0 Å². The van der Waals surface area contributed by atoms with Gasteiger partial charge in [0.25, 0.3) is 5.91 Å². The van der Waals surface area contributed by atoms with Gasteiger partial charge in [0.05, 0.1) is 37.0 Å². The van der Waals surface area contributed by atoms with Gasteiger partial charge in [0.1, 0.15) is 11.9 Å². The molecule has 2 aliphatic heterocycles. The van der Waals surface area contributed by atoms with Gasteiger partial charge in [-0.3, -0.25) is 9.69 Å². The monoisotopic (exact) mass is 576 g/mol. The van der Waals surface area contributed by atoms with Crippen LogP contribution in [-0.4, -0.2) is 83.1 Å². The Labute approximate surface area is 226 Å². The molecule has 2 aromatic carbocycles. The highest BCUT2D eigenvalue weighted by molar-refractivity contribution is 6.31. The number of amides is 3. The Hall–Kier alpha value is -2.61. The fraction of sp³-hybridized carbons (Fsp3) is 0.417. The maximum Gasteiger partial charge on any atom is 0.417 e. The van der Waals surface area contributed by atoms with Crippen molar-refractivity contribution >= 4 is 35.1 Å². The first-order chi connectivity index (χ1) is 17.9. The fourth-order valence-electron chi connectivity index (χ4n) is 4.51. The first-order valence-electron chi connectivity index (χ1n) is 11.5. The van der Waals surface area contributed by atoms with Gasteiger partial charge in [-0.05, 0) is 35.9 Å². The van der Waals surface area contributed by atoms with Gasteiger partial charge < -0.3 is 25.2 Å². The third-order valence-corrected chi connectivity index (χ3v) is 7.09. The van der Waals surface area contributed by atoms with Crippen LogP contribution in [0.4, 0.5) is 18.0 Å². The van der Waals surface area contributed by atoms with Crippen LogP contribution in [0, 0.1) is 0 Å². The van der Waals surface area contributed by atoms with Crippen LogP contribution in [-0.2, 0) is 22.3 Å². The van der Waals surface area contributed by atoms with Crippen LogP contribution in [0.3, 0.4) is 0 Å². The van der Waals surface area contributed by atoms with Crippen LogP contribution in [0.2, 0.25) is 10.0 Å². The Morgan fingerprint density at radius 3 is 2.42 bits per heavy atom. The molecule has 38 heavy (non-hydrogen) atoms. The number of imide groups is 1. The summed E-state index contributed by atoms with van der Waals surface area (Å²) in [6.07, 6.45) is -7.02. The summed E-state index contributed by atoms with van der Waals surface area (Å²) < 4.78 is 51.5. The smallest absolute Gasteiger partial charge is 0.417 e. The minimum Gasteiger partial charge on any atom is -0.472 e. The van der Waals surface area contributed by atoms with Crippen LogP contribution in [0.1, 0.15) is 11.1 Å². The van der Waals surface area contributed by atoms with Gasteiger partial charge in [0.15, 0.2) is 11.8 Å². The van der Waals surface area contributed by atoms with Gasteiger partial charge in [0.2, 0.25) is 0 Å². The van der Waals surface area contributed by atoms with E-state index in [0.717, 1.165) is 22.6 Å². The second kappa shape index (κ2) is 10.9. The molecule has 2 fully saturated rings. The van der Waals surface area contributed by atoms with Crippen LogP contribution in [0.5, 0.6) is 5.75 Å². The Bertz CT molecular complexity index is 1200. The minimum atomic E-state index is -4.73. The van der Waals surface area contributed by atoms with Crippen molar-refractivity contribution in [1.29, 1.82) is 0 Å². The van der Waals surface area contributed by atoms with Crippen LogP contribution < -0.4 is 10.5 Å². The molecule has 9 nitrogen and oxygen atoms in total. The third-order valence-electron chi connectivity index (χ3n) is 6.51. The lowest BCUT2D eigenvalue weighted by Gasteiger charge is -2.41. The zero-order valence-corrected chi connectivity index (χ0v) is 21.6. The number of halogens is 5. The van der Waals surface area contributed by atoms with Gasteiger partial charge in [0, 0.05) is 18.6 Å². The second-order valence-electron chi connectivity index (χ2n) is 8.82. The number of likely N-dealkylation sites (N-methyl/N-ethyl adjacent to an activating group) is 1. The number of aliphatic hydroxyl groups is 1. The number of rotatable bonds is 9. The van der Waals surface area contributed by atoms with Gasteiger partial charge in [-0.2, -0.15) is 13.2 Å². The maximum absolute atomic E-state index is 13.8. The van der Waals surface area contributed by atoms with E-state index in [0.29, 0.717) is 5.02 Å². The molecular weight excluding hydrogens is 552 g/mol. The van der Waals surface area contributed by atoms with Crippen molar-refractivity contribution in [3.8, 4) is 5.75 Å². The van der Waals surface area contributed by atoms with Gasteiger partial charge in [-0.1, -0.05) is 35.3 Å². The first-order valence-corrected chi connectivity index (χ1v) is 12.3. The number of aliphatic hydroxyl groups excluding tert-OH is 1. The molecule has 14 heteroatoms. The Morgan fingerprint density at radius 2 is 1.79 bits per heavy atom. The SMILES string of the molecule is CN1C(=O)N(CCOCCO)C(=O)C2(C1N)[C@@H](Oc1ccc(Cl)c(C(F)(F)F)c1)N2Cc1ccc(Cl)cc1. The largest absolute Gasteiger partial charge is 0.472 e. The maximum atomic E-state index is 13.8. The molecule has 0 aliphatic carbocycles. The van der Waals surface area contributed by atoms with Crippen molar-refractivity contribution in [2.75, 3.05) is 33.4 Å². The second-order valence-corrected chi connectivity index (χ2v) is 9.66. The summed E-state index contributed by atoms with van der Waals surface area (Å²) in [5.74, 6) is -0.855. The molecule has 3 amide bonds. The van der Waals surface area contributed by atoms with E-state index in [1.807, 2.05) is 0 Å². The number of urea groups is 1. The zero-order chi connectivity index (χ0) is 27.8. The number of hydrogen-bond donors (Lipinski definition) is 2. The summed E-state index contributed by atoms with van der Waals surface area (Å²) in [6, 6.07) is 9.17. The normalized spacial score (nSPS) is 25.3. The lowest BCUT2D eigenvalue weighted by atomic mass is 9.99. The van der Waals surface area contributed by atoms with Gasteiger partial charge in [-0.15, -0.1) is 0 Å². The lowest BCUT2D eigenvalue weighted by molar-refractivity contribution is -0.139. The molecule has 0 saturated carbocycles. The minimum absolute atomic E-state index is 0.0171. The Morgan fingerprint density at radius 1 is 1.11 bits per heavy atom. The fourth-order valence-corrected chi connectivity index (χ4v) is 4.86. The van der Waals surface area contributed by atoms with E-state index in [9.17, 15) is 22.8 Å². The van der Waals surface area contributed by atoms with E-state index in [2.05, 4.69) is 0 Å². The van der Waals surface area contributed by atoms with E-state index in [-0.39, 0.29) is 38.7 Å². The number of carbonyl (C=O) groups is 2. The molecule has 3 unspecified atom stereocenters. The predicted molar refractivity (Wildman–Crippen MR) is 131 cm³/mol. The number of nitrogens with two attached hydrogens (primary N) is 1. The number of hydrogen-bond acceptors (Lipinski definition) is 7. The summed E-state index contributed by atoms with van der Waals surface area (Å²) in [4.78, 5) is 30.5. The first kappa shape index (κ1) is 28.4. The van der Waals surface area contributed by atoms with Crippen molar-refractivity contribution in [3.63, 3.8) is 0 Å². The van der Waals surface area contributed by atoms with Crippen molar-refractivity contribution < 1.29 is 37.3 Å². The third kappa shape index (κ3) is 5.16. The van der Waals surface area contributed by atoms with E-state index in [1.54, 1.807) is 29.2 Å². The van der Waals surface area contributed by atoms with E-state index in [1.165, 1.54) is 18.0 Å². The molecule has 0 aromatic heterocycles. The number of nitrogens with zero attached hydrogens (tertiary/aromatic N) is 3. The molecule has 2 aliphatic rings. The molecule has 2 saturated heterocycles. The van der Waals surface area contributed by atoms with E-state index < -0.39 is 46.6 Å². The van der Waals surface area contributed by atoms with Crippen molar-refractivity contribution in [3.05, 3.63) is 63.6 Å². The average molecular weight is 577 g/mol. The Balaban J connectivity index is 1.69. The van der Waals surface area contributed by atoms with Crippen LogP contribution >= 0.6 is 23.2 Å². The summed E-state index contributed by atoms with van der Waals surface area (Å²) in [5, 5.41) is 8.92. The standard InChI is InChI=1S/C24H25Cl2F3N4O5/c1-31-19(30)23(20(35)32(22(31)36)8-10-37-11-9-34)21(33(23)13-14-2-4-15(25)5-3-14)38-16-6-7-18(26)17(12-16)24(27,28)29/h2-7,12,19,21,34H,8-11,13,30H2,1H3/t19?,21-,23?,33?/m1/s1. The number of carbonyl (C=O) groups excluding carboxylic acids is 2. The van der Waals surface area contributed by atoms with Crippen molar-refractivity contribution in [1.82, 2.24) is 14.7 Å². The topological polar surface area (TPSA) is 108 Å². The summed E-state index contributed by atoms with van der Waals surface area (Å²) in [7, 11) is 1.42. The van der Waals surface area contributed by atoms with Gasteiger partial charge in [-0.25, -0.2) is 9.69 Å². The van der Waals surface area contributed by atoms with Gasteiger partial charge >= 0.3 is 12.2 Å². The quantitative estimate of drug-likeness (QED) is 0.348. The molecule has 2 heterocycles. The number of alkyl halides is 3. The number of ether oxygens (including phenoxy) is 2. The molecule has 3 N–H and O–H groups in total. The number of benzene rings is 2. The summed E-state index contributed by atoms with van der Waals surface area (Å²) >= 11 is 11.7. The highest BCUT2D eigenvalue weighted by Crippen LogP contribution is 2.50.